The van der Waals surface area contributed by atoms with Crippen LogP contribution in [-0.2, 0) is 23.1 Å². The van der Waals surface area contributed by atoms with Crippen molar-refractivity contribution in [3.8, 4) is 5.75 Å². The topological polar surface area (TPSA) is 140 Å². The van der Waals surface area contributed by atoms with E-state index in [1.807, 2.05) is 13.8 Å². The highest BCUT2D eigenvalue weighted by atomic mass is 16.5. The Morgan fingerprint density at radius 3 is 2.24 bits per heavy atom. The van der Waals surface area contributed by atoms with E-state index >= 15 is 0 Å². The van der Waals surface area contributed by atoms with Gasteiger partial charge in [0.15, 0.2) is 12.4 Å². The molecule has 0 unspecified atom stereocenters. The van der Waals surface area contributed by atoms with Gasteiger partial charge < -0.3 is 15.2 Å². The third-order valence-electron chi connectivity index (χ3n) is 4.88. The van der Waals surface area contributed by atoms with E-state index in [-0.39, 0.29) is 31.0 Å². The number of nitrogens with zero attached hydrogens (tertiary/aromatic N) is 2. The lowest BCUT2D eigenvalue weighted by molar-refractivity contribution is -0.142. The summed E-state index contributed by atoms with van der Waals surface area (Å²) in [4.78, 5) is 61.4. The minimum Gasteiger partial charge on any atom is -0.494 e. The molecule has 2 N–H and O–H groups in total. The van der Waals surface area contributed by atoms with E-state index < -0.39 is 35.2 Å². The Hall–Kier alpha value is -3.69. The molecule has 1 heterocycles. The molecule has 33 heavy (non-hydrogen) atoms. The molecule has 0 bridgehead atoms. The number of Topliss-reactive ketones (excluding diaryl/α,β-unsaturated/α-hetero) is 2. The summed E-state index contributed by atoms with van der Waals surface area (Å²) in [6, 6.07) is 6.60. The molecule has 10 nitrogen and oxygen atoms in total. The van der Waals surface area contributed by atoms with Crippen molar-refractivity contribution in [2.24, 2.45) is 7.05 Å². The van der Waals surface area contributed by atoms with Crippen molar-refractivity contribution in [2.45, 2.75) is 46.1 Å². The minimum atomic E-state index is -0.854. The van der Waals surface area contributed by atoms with Crippen LogP contribution in [0, 0.1) is 0 Å². The number of carbonyl (C=O) groups is 3. The Morgan fingerprint density at radius 2 is 1.64 bits per heavy atom. The number of nitrogen functional groups attached to an aromatic ring is 1. The van der Waals surface area contributed by atoms with Crippen molar-refractivity contribution in [2.75, 3.05) is 18.9 Å². The van der Waals surface area contributed by atoms with Crippen LogP contribution in [0.5, 0.6) is 5.75 Å². The summed E-state index contributed by atoms with van der Waals surface area (Å²) in [5, 5.41) is 0. The number of anilines is 1. The Bertz CT molecular complexity index is 1130. The Kier molecular flexibility index (Phi) is 9.14. The number of hydrogen-bond donors (Lipinski definition) is 1. The van der Waals surface area contributed by atoms with Gasteiger partial charge in [-0.25, -0.2) is 4.79 Å². The first-order valence-corrected chi connectivity index (χ1v) is 10.7. The number of ether oxygens (including phenoxy) is 2. The van der Waals surface area contributed by atoms with Crippen molar-refractivity contribution in [1.82, 2.24) is 9.13 Å². The maximum atomic E-state index is 12.5. The van der Waals surface area contributed by atoms with E-state index in [0.717, 1.165) is 15.6 Å². The second-order valence-corrected chi connectivity index (χ2v) is 7.44. The molecule has 0 fully saturated rings. The molecule has 0 saturated heterocycles. The first-order chi connectivity index (χ1) is 15.7. The van der Waals surface area contributed by atoms with Gasteiger partial charge in [0.25, 0.3) is 5.56 Å². The van der Waals surface area contributed by atoms with E-state index in [2.05, 4.69) is 0 Å². The second kappa shape index (κ2) is 11.8. The van der Waals surface area contributed by atoms with Crippen LogP contribution < -0.4 is 21.7 Å². The van der Waals surface area contributed by atoms with Crippen molar-refractivity contribution in [3.63, 3.8) is 0 Å². The zero-order valence-corrected chi connectivity index (χ0v) is 19.1. The van der Waals surface area contributed by atoms with Gasteiger partial charge in [-0.15, -0.1) is 0 Å². The van der Waals surface area contributed by atoms with Crippen LogP contribution in [0.15, 0.2) is 33.9 Å². The SMILES string of the molecule is CCCOc1ccc(C(=O)CCC(=O)OCC(=O)c2c(N)n(CCC)c(=O)n(C)c2=O)cc1. The standard InChI is InChI=1S/C23H29N3O7/c1-4-12-26-21(24)20(22(30)25(3)23(26)31)18(28)14-33-19(29)11-10-17(27)15-6-8-16(9-7-15)32-13-5-2/h6-9H,4-5,10-14,24H2,1-3H3. The van der Waals surface area contributed by atoms with Crippen molar-refractivity contribution in [1.29, 1.82) is 0 Å². The molecule has 0 amide bonds. The van der Waals surface area contributed by atoms with Gasteiger partial charge in [0.05, 0.1) is 13.0 Å². The number of aromatic nitrogens is 2. The molecule has 2 rings (SSSR count). The highest BCUT2D eigenvalue weighted by Crippen LogP contribution is 2.15. The molecule has 2 aromatic rings. The summed E-state index contributed by atoms with van der Waals surface area (Å²) < 4.78 is 12.3. The predicted octanol–water partition coefficient (Wildman–Crippen LogP) is 1.72. The predicted molar refractivity (Wildman–Crippen MR) is 122 cm³/mol. The number of benzene rings is 1. The highest BCUT2D eigenvalue weighted by molar-refractivity contribution is 6.01. The molecular weight excluding hydrogens is 430 g/mol. The van der Waals surface area contributed by atoms with E-state index in [0.29, 0.717) is 24.3 Å². The molecule has 0 radical (unpaired) electrons. The Morgan fingerprint density at radius 1 is 0.970 bits per heavy atom. The van der Waals surface area contributed by atoms with Crippen LogP contribution in [0.3, 0.4) is 0 Å². The van der Waals surface area contributed by atoms with Crippen molar-refractivity contribution >= 4 is 23.4 Å². The molecule has 0 aliphatic heterocycles. The number of esters is 1. The molecule has 1 aromatic heterocycles. The zero-order valence-electron chi connectivity index (χ0n) is 19.1. The molecule has 0 aliphatic carbocycles. The van der Waals surface area contributed by atoms with E-state index in [9.17, 15) is 24.0 Å². The lowest BCUT2D eigenvalue weighted by Crippen LogP contribution is -2.43. The van der Waals surface area contributed by atoms with Crippen LogP contribution in [0.2, 0.25) is 0 Å². The van der Waals surface area contributed by atoms with Gasteiger partial charge in [0, 0.05) is 25.6 Å². The lowest BCUT2D eigenvalue weighted by atomic mass is 10.1. The molecule has 178 valence electrons. The highest BCUT2D eigenvalue weighted by Gasteiger charge is 2.22. The molecule has 0 saturated carbocycles. The summed E-state index contributed by atoms with van der Waals surface area (Å²) in [5.74, 6) is -1.45. The summed E-state index contributed by atoms with van der Waals surface area (Å²) in [7, 11) is 1.24. The Balaban J connectivity index is 1.96. The number of ketones is 2. The summed E-state index contributed by atoms with van der Waals surface area (Å²) in [5.41, 5.74) is 4.42. The number of carbonyl (C=O) groups excluding carboxylic acids is 3. The van der Waals surface area contributed by atoms with Gasteiger partial charge in [-0.2, -0.15) is 0 Å². The number of nitrogens with two attached hydrogens (primary N) is 1. The van der Waals surface area contributed by atoms with Crippen molar-refractivity contribution < 1.29 is 23.9 Å². The largest absolute Gasteiger partial charge is 0.494 e. The van der Waals surface area contributed by atoms with E-state index in [1.54, 1.807) is 24.3 Å². The zero-order chi connectivity index (χ0) is 24.5. The monoisotopic (exact) mass is 459 g/mol. The first-order valence-electron chi connectivity index (χ1n) is 10.7. The number of hydrogen-bond acceptors (Lipinski definition) is 8. The maximum absolute atomic E-state index is 12.5. The molecule has 0 aliphatic rings. The first kappa shape index (κ1) is 25.6. The average Bonchev–Trinajstić information content (AvgIpc) is 2.81. The van der Waals surface area contributed by atoms with Gasteiger partial charge >= 0.3 is 11.7 Å². The fraction of sp³-hybridized carbons (Fsp3) is 0.435. The van der Waals surface area contributed by atoms with Gasteiger partial charge in [0.1, 0.15) is 17.1 Å². The molecule has 1 aromatic carbocycles. The van der Waals surface area contributed by atoms with Gasteiger partial charge in [0.2, 0.25) is 5.78 Å². The van der Waals surface area contributed by atoms with Gasteiger partial charge in [-0.1, -0.05) is 13.8 Å². The van der Waals surface area contributed by atoms with Crippen LogP contribution in [0.4, 0.5) is 5.82 Å². The molecule has 10 heteroatoms. The summed E-state index contributed by atoms with van der Waals surface area (Å²) >= 11 is 0. The maximum Gasteiger partial charge on any atom is 0.332 e. The summed E-state index contributed by atoms with van der Waals surface area (Å²) in [6.45, 7) is 3.89. The van der Waals surface area contributed by atoms with E-state index in [1.165, 1.54) is 7.05 Å². The fourth-order valence-electron chi connectivity index (χ4n) is 3.09. The smallest absolute Gasteiger partial charge is 0.332 e. The van der Waals surface area contributed by atoms with Crippen LogP contribution in [-0.4, -0.2) is 39.9 Å². The Labute approximate surface area is 190 Å². The third kappa shape index (κ3) is 6.41. The van der Waals surface area contributed by atoms with Gasteiger partial charge in [-0.05, 0) is 37.1 Å². The molecular formula is C23H29N3O7. The average molecular weight is 459 g/mol. The van der Waals surface area contributed by atoms with E-state index in [4.69, 9.17) is 15.2 Å². The fourth-order valence-corrected chi connectivity index (χ4v) is 3.09. The second-order valence-electron chi connectivity index (χ2n) is 7.44. The lowest BCUT2D eigenvalue weighted by Gasteiger charge is -2.13. The molecule has 0 atom stereocenters. The normalized spacial score (nSPS) is 10.6. The quantitative estimate of drug-likeness (QED) is 0.374. The third-order valence-corrected chi connectivity index (χ3v) is 4.88. The van der Waals surface area contributed by atoms with Crippen LogP contribution >= 0.6 is 0 Å². The molecule has 0 spiro atoms. The van der Waals surface area contributed by atoms with Crippen molar-refractivity contribution in [3.05, 3.63) is 56.2 Å². The summed E-state index contributed by atoms with van der Waals surface area (Å²) in [6.07, 6.45) is 1.10. The van der Waals surface area contributed by atoms with Gasteiger partial charge in [-0.3, -0.25) is 28.3 Å². The number of rotatable bonds is 12. The van der Waals surface area contributed by atoms with Crippen LogP contribution in [0.25, 0.3) is 0 Å². The minimum absolute atomic E-state index is 0.104. The van der Waals surface area contributed by atoms with Crippen LogP contribution in [0.1, 0.15) is 60.2 Å².